The molecular weight excluding hydrogens is 420 g/mol. The van der Waals surface area contributed by atoms with Gasteiger partial charge in [0.15, 0.2) is 11.5 Å². The number of hydrogen-bond acceptors (Lipinski definition) is 6. The minimum absolute atomic E-state index is 0.0664. The van der Waals surface area contributed by atoms with E-state index in [1.807, 2.05) is 18.2 Å². The smallest absolute Gasteiger partial charge is 0.267 e. The van der Waals surface area contributed by atoms with Gasteiger partial charge in [0.2, 0.25) is 6.10 Å². The van der Waals surface area contributed by atoms with Gasteiger partial charge in [-0.15, -0.1) is 0 Å². The minimum atomic E-state index is -0.633. The minimum Gasteiger partial charge on any atom is -0.485 e. The number of para-hydroxylation sites is 2. The molecule has 31 heavy (non-hydrogen) atoms. The van der Waals surface area contributed by atoms with E-state index in [4.69, 9.17) is 21.1 Å². The summed E-state index contributed by atoms with van der Waals surface area (Å²) in [5.41, 5.74) is 0.415. The van der Waals surface area contributed by atoms with Crippen LogP contribution in [-0.4, -0.2) is 64.6 Å². The Hall–Kier alpha value is -3.10. The van der Waals surface area contributed by atoms with Gasteiger partial charge in [-0.25, -0.2) is 4.98 Å². The lowest BCUT2D eigenvalue weighted by molar-refractivity contribution is -0.143. The van der Waals surface area contributed by atoms with Gasteiger partial charge in [-0.1, -0.05) is 23.7 Å². The Bertz CT molecular complexity index is 1190. The van der Waals surface area contributed by atoms with E-state index in [2.05, 4.69) is 14.9 Å². The van der Waals surface area contributed by atoms with Crippen molar-refractivity contribution in [3.8, 4) is 11.5 Å². The highest BCUT2D eigenvalue weighted by molar-refractivity contribution is 6.31. The van der Waals surface area contributed by atoms with E-state index in [0.29, 0.717) is 66.0 Å². The lowest BCUT2D eigenvalue weighted by atomic mass is 10.2. The van der Waals surface area contributed by atoms with Gasteiger partial charge in [-0.2, -0.15) is 0 Å². The van der Waals surface area contributed by atoms with Gasteiger partial charge in [-0.3, -0.25) is 14.5 Å². The van der Waals surface area contributed by atoms with Crippen LogP contribution in [0.2, 0.25) is 5.02 Å². The molecule has 1 saturated heterocycles. The molecule has 0 spiro atoms. The van der Waals surface area contributed by atoms with Gasteiger partial charge in [0.25, 0.3) is 11.5 Å². The number of carbonyl (C=O) groups is 1. The highest BCUT2D eigenvalue weighted by atomic mass is 35.5. The lowest BCUT2D eigenvalue weighted by Crippen LogP contribution is -2.53. The van der Waals surface area contributed by atoms with Gasteiger partial charge in [0.05, 0.1) is 17.4 Å². The molecule has 1 fully saturated rings. The van der Waals surface area contributed by atoms with Crippen LogP contribution in [0.5, 0.6) is 11.5 Å². The third-order valence-corrected chi connectivity index (χ3v) is 5.79. The molecule has 2 aliphatic heterocycles. The second-order valence-corrected chi connectivity index (χ2v) is 8.08. The van der Waals surface area contributed by atoms with E-state index in [9.17, 15) is 9.59 Å². The molecule has 1 atom stereocenters. The summed E-state index contributed by atoms with van der Waals surface area (Å²) in [4.78, 5) is 36.6. The second-order valence-electron chi connectivity index (χ2n) is 7.64. The number of rotatable bonds is 3. The molecule has 9 heteroatoms. The van der Waals surface area contributed by atoms with Crippen LogP contribution in [-0.2, 0) is 11.3 Å². The summed E-state index contributed by atoms with van der Waals surface area (Å²) in [7, 11) is 0. The van der Waals surface area contributed by atoms with Crippen LogP contribution >= 0.6 is 11.6 Å². The Kier molecular flexibility index (Phi) is 5.25. The Morgan fingerprint density at radius 1 is 1.13 bits per heavy atom. The summed E-state index contributed by atoms with van der Waals surface area (Å²) < 4.78 is 11.5. The molecule has 160 valence electrons. The van der Waals surface area contributed by atoms with E-state index < -0.39 is 6.10 Å². The van der Waals surface area contributed by atoms with Crippen LogP contribution in [0.3, 0.4) is 0 Å². The molecule has 1 aromatic heterocycles. The van der Waals surface area contributed by atoms with E-state index in [1.54, 1.807) is 29.2 Å². The molecule has 0 radical (unpaired) electrons. The average Bonchev–Trinajstić information content (AvgIpc) is 2.79. The normalized spacial score (nSPS) is 18.9. The van der Waals surface area contributed by atoms with Crippen molar-refractivity contribution in [2.24, 2.45) is 0 Å². The molecule has 2 aromatic carbocycles. The number of nitrogens with zero attached hydrogens (tertiary/aromatic N) is 3. The molecule has 1 unspecified atom stereocenters. The fourth-order valence-corrected chi connectivity index (χ4v) is 4.09. The van der Waals surface area contributed by atoms with Crippen LogP contribution in [0.25, 0.3) is 10.9 Å². The first kappa shape index (κ1) is 19.8. The topological polar surface area (TPSA) is 87.8 Å². The van der Waals surface area contributed by atoms with Crippen molar-refractivity contribution in [1.29, 1.82) is 0 Å². The maximum Gasteiger partial charge on any atom is 0.267 e. The van der Waals surface area contributed by atoms with Crippen molar-refractivity contribution in [3.63, 3.8) is 0 Å². The summed E-state index contributed by atoms with van der Waals surface area (Å²) in [5, 5.41) is 0.979. The molecule has 1 N–H and O–H groups in total. The summed E-state index contributed by atoms with van der Waals surface area (Å²) in [6.07, 6.45) is -0.633. The summed E-state index contributed by atoms with van der Waals surface area (Å²) >= 11 is 5.97. The largest absolute Gasteiger partial charge is 0.485 e. The highest BCUT2D eigenvalue weighted by Crippen LogP contribution is 2.31. The first-order chi connectivity index (χ1) is 15.1. The first-order valence-corrected chi connectivity index (χ1v) is 10.5. The van der Waals surface area contributed by atoms with Crippen molar-refractivity contribution in [1.82, 2.24) is 19.8 Å². The van der Waals surface area contributed by atoms with Crippen LogP contribution in [0.4, 0.5) is 0 Å². The van der Waals surface area contributed by atoms with Crippen molar-refractivity contribution in [2.75, 3.05) is 32.8 Å². The van der Waals surface area contributed by atoms with E-state index in [0.717, 1.165) is 0 Å². The van der Waals surface area contributed by atoms with Crippen LogP contribution in [0.15, 0.2) is 47.3 Å². The number of aromatic amines is 1. The number of amides is 1. The summed E-state index contributed by atoms with van der Waals surface area (Å²) in [5.74, 6) is 1.79. The fraction of sp³-hybridized carbons (Fsp3) is 0.318. The van der Waals surface area contributed by atoms with Crippen molar-refractivity contribution >= 4 is 28.4 Å². The van der Waals surface area contributed by atoms with Crippen molar-refractivity contribution < 1.29 is 14.3 Å². The number of piperazine rings is 1. The Balaban J connectivity index is 1.20. The van der Waals surface area contributed by atoms with Gasteiger partial charge >= 0.3 is 0 Å². The molecule has 0 saturated carbocycles. The van der Waals surface area contributed by atoms with E-state index in [-0.39, 0.29) is 18.1 Å². The molecule has 0 bridgehead atoms. The second kappa shape index (κ2) is 8.20. The molecular formula is C22H21ClN4O4. The Morgan fingerprint density at radius 2 is 1.90 bits per heavy atom. The van der Waals surface area contributed by atoms with Crippen molar-refractivity contribution in [2.45, 2.75) is 12.6 Å². The SMILES string of the molecule is O=C(C1COc2ccccc2O1)N1CCN(Cc2nc3ccc(Cl)cc3c(=O)[nH]2)CC1. The lowest BCUT2D eigenvalue weighted by Gasteiger charge is -2.37. The van der Waals surface area contributed by atoms with E-state index >= 15 is 0 Å². The molecule has 3 heterocycles. The number of fused-ring (bicyclic) bond motifs is 2. The number of aromatic nitrogens is 2. The standard InChI is InChI=1S/C22H21ClN4O4/c23-14-5-6-16-15(11-14)21(28)25-20(24-16)12-26-7-9-27(10-8-26)22(29)19-13-30-17-3-1-2-4-18(17)31-19/h1-6,11,19H,7-10,12-13H2,(H,24,25,28). The summed E-state index contributed by atoms with van der Waals surface area (Å²) in [6, 6.07) is 12.4. The molecule has 1 amide bonds. The quantitative estimate of drug-likeness (QED) is 0.670. The van der Waals surface area contributed by atoms with Gasteiger partial charge in [0, 0.05) is 31.2 Å². The van der Waals surface area contributed by atoms with Gasteiger partial charge in [-0.05, 0) is 30.3 Å². The number of ether oxygens (including phenoxy) is 2. The third kappa shape index (κ3) is 4.08. The molecule has 0 aliphatic carbocycles. The maximum atomic E-state index is 12.9. The average molecular weight is 441 g/mol. The Labute approximate surface area is 183 Å². The molecule has 3 aromatic rings. The fourth-order valence-electron chi connectivity index (χ4n) is 3.92. The number of halogens is 1. The van der Waals surface area contributed by atoms with Crippen molar-refractivity contribution in [3.05, 3.63) is 63.7 Å². The van der Waals surface area contributed by atoms with Gasteiger partial charge < -0.3 is 19.4 Å². The number of H-pyrrole nitrogens is 1. The predicted octanol–water partition coefficient (Wildman–Crippen LogP) is 2.06. The van der Waals surface area contributed by atoms with Crippen LogP contribution in [0.1, 0.15) is 5.82 Å². The Morgan fingerprint density at radius 3 is 2.71 bits per heavy atom. The molecule has 5 rings (SSSR count). The number of carbonyl (C=O) groups excluding carboxylic acids is 1. The number of benzene rings is 2. The zero-order chi connectivity index (χ0) is 21.4. The predicted molar refractivity (Wildman–Crippen MR) is 116 cm³/mol. The molecule has 8 nitrogen and oxygen atoms in total. The third-order valence-electron chi connectivity index (χ3n) is 5.56. The monoisotopic (exact) mass is 440 g/mol. The van der Waals surface area contributed by atoms with Crippen LogP contribution in [0, 0.1) is 0 Å². The van der Waals surface area contributed by atoms with Gasteiger partial charge in [0.1, 0.15) is 12.4 Å². The van der Waals surface area contributed by atoms with Crippen LogP contribution < -0.4 is 15.0 Å². The van der Waals surface area contributed by atoms with E-state index in [1.165, 1.54) is 0 Å². The number of nitrogens with one attached hydrogen (secondary N) is 1. The first-order valence-electron chi connectivity index (χ1n) is 10.1. The highest BCUT2D eigenvalue weighted by Gasteiger charge is 2.32. The number of hydrogen-bond donors (Lipinski definition) is 1. The zero-order valence-corrected chi connectivity index (χ0v) is 17.5. The molecule has 2 aliphatic rings. The zero-order valence-electron chi connectivity index (χ0n) is 16.7. The summed E-state index contributed by atoms with van der Waals surface area (Å²) in [6.45, 7) is 3.23. The maximum absolute atomic E-state index is 12.9.